The Kier molecular flexibility index (Phi) is 4.49. The van der Waals surface area contributed by atoms with Gasteiger partial charge in [-0.2, -0.15) is 0 Å². The standard InChI is InChI=1S/C14H22O6/c1-8(2)13(15)19-12(10-6-16-9(3)18-10)11-7-17-14(4,5)20-11/h9-12H,1,6-7H2,2-5H3. The fourth-order valence-corrected chi connectivity index (χ4v) is 2.22. The Morgan fingerprint density at radius 3 is 2.50 bits per heavy atom. The van der Waals surface area contributed by atoms with Crippen LogP contribution in [0.3, 0.4) is 0 Å². The molecule has 6 heteroatoms. The minimum Gasteiger partial charge on any atom is -0.453 e. The van der Waals surface area contributed by atoms with Gasteiger partial charge in [0, 0.05) is 5.57 Å². The van der Waals surface area contributed by atoms with E-state index < -0.39 is 17.9 Å². The number of carbonyl (C=O) groups is 1. The van der Waals surface area contributed by atoms with Gasteiger partial charge in [0.25, 0.3) is 0 Å². The average Bonchev–Trinajstić information content (AvgIpc) is 2.91. The van der Waals surface area contributed by atoms with Crippen LogP contribution in [0.2, 0.25) is 0 Å². The number of esters is 1. The molecule has 0 aromatic carbocycles. The summed E-state index contributed by atoms with van der Waals surface area (Å²) in [5, 5.41) is 0. The molecule has 2 heterocycles. The maximum atomic E-state index is 11.8. The van der Waals surface area contributed by atoms with Gasteiger partial charge in [-0.3, -0.25) is 0 Å². The van der Waals surface area contributed by atoms with E-state index in [9.17, 15) is 4.79 Å². The highest BCUT2D eigenvalue weighted by Gasteiger charge is 2.45. The first-order valence-electron chi connectivity index (χ1n) is 6.74. The minimum atomic E-state index is -0.691. The molecule has 114 valence electrons. The molecule has 2 saturated heterocycles. The average molecular weight is 286 g/mol. The Morgan fingerprint density at radius 2 is 2.05 bits per heavy atom. The Labute approximate surface area is 119 Å². The normalized spacial score (nSPS) is 33.9. The highest BCUT2D eigenvalue weighted by atomic mass is 16.8. The topological polar surface area (TPSA) is 63.2 Å². The SMILES string of the molecule is C=C(C)C(=O)OC(C1COC(C)O1)C1COC(C)(C)O1. The van der Waals surface area contributed by atoms with Crippen LogP contribution in [0.1, 0.15) is 27.7 Å². The van der Waals surface area contributed by atoms with E-state index in [1.165, 1.54) is 0 Å². The molecule has 2 rings (SSSR count). The molecule has 0 aliphatic carbocycles. The monoisotopic (exact) mass is 286 g/mol. The summed E-state index contributed by atoms with van der Waals surface area (Å²) in [4.78, 5) is 11.8. The van der Waals surface area contributed by atoms with Gasteiger partial charge in [0.1, 0.15) is 12.2 Å². The molecule has 2 fully saturated rings. The van der Waals surface area contributed by atoms with Crippen LogP contribution >= 0.6 is 0 Å². The van der Waals surface area contributed by atoms with E-state index in [-0.39, 0.29) is 18.5 Å². The summed E-state index contributed by atoms with van der Waals surface area (Å²) in [7, 11) is 0. The molecule has 0 aromatic heterocycles. The Balaban J connectivity index is 2.08. The van der Waals surface area contributed by atoms with Gasteiger partial charge in [-0.1, -0.05) is 6.58 Å². The van der Waals surface area contributed by atoms with Crippen LogP contribution < -0.4 is 0 Å². The summed E-state index contributed by atoms with van der Waals surface area (Å²) in [5.74, 6) is -1.16. The molecular weight excluding hydrogens is 264 g/mol. The first-order chi connectivity index (χ1) is 9.28. The minimum absolute atomic E-state index is 0.318. The summed E-state index contributed by atoms with van der Waals surface area (Å²) in [6.07, 6.45) is -1.64. The number of hydrogen-bond acceptors (Lipinski definition) is 6. The molecule has 0 radical (unpaired) electrons. The van der Waals surface area contributed by atoms with Gasteiger partial charge in [0.05, 0.1) is 13.2 Å². The van der Waals surface area contributed by atoms with Crippen molar-refractivity contribution >= 4 is 5.97 Å². The molecular formula is C14H22O6. The fourth-order valence-electron chi connectivity index (χ4n) is 2.22. The maximum Gasteiger partial charge on any atom is 0.333 e. The zero-order chi connectivity index (χ0) is 14.9. The molecule has 2 aliphatic rings. The number of rotatable bonds is 4. The molecule has 0 aromatic rings. The Bertz CT molecular complexity index is 391. The second-order valence-electron chi connectivity index (χ2n) is 5.59. The van der Waals surface area contributed by atoms with Crippen LogP contribution in [0, 0.1) is 0 Å². The third-order valence-electron chi connectivity index (χ3n) is 3.22. The van der Waals surface area contributed by atoms with Crippen molar-refractivity contribution in [3.8, 4) is 0 Å². The first kappa shape index (κ1) is 15.4. The first-order valence-corrected chi connectivity index (χ1v) is 6.74. The van der Waals surface area contributed by atoms with E-state index in [1.54, 1.807) is 13.8 Å². The van der Waals surface area contributed by atoms with Gasteiger partial charge in [-0.05, 0) is 27.7 Å². The molecule has 0 amide bonds. The van der Waals surface area contributed by atoms with Crippen LogP contribution in [-0.4, -0.2) is 49.6 Å². The highest BCUT2D eigenvalue weighted by Crippen LogP contribution is 2.29. The smallest absolute Gasteiger partial charge is 0.333 e. The predicted molar refractivity (Wildman–Crippen MR) is 69.9 cm³/mol. The van der Waals surface area contributed by atoms with Gasteiger partial charge >= 0.3 is 5.97 Å². The molecule has 4 atom stereocenters. The molecule has 4 unspecified atom stereocenters. The van der Waals surface area contributed by atoms with Crippen molar-refractivity contribution in [3.63, 3.8) is 0 Å². The van der Waals surface area contributed by atoms with E-state index in [4.69, 9.17) is 23.7 Å². The third-order valence-corrected chi connectivity index (χ3v) is 3.22. The van der Waals surface area contributed by atoms with Crippen LogP contribution in [-0.2, 0) is 28.5 Å². The summed E-state index contributed by atoms with van der Waals surface area (Å²) < 4.78 is 27.8. The van der Waals surface area contributed by atoms with E-state index in [1.807, 2.05) is 13.8 Å². The lowest BCUT2D eigenvalue weighted by atomic mass is 10.1. The Morgan fingerprint density at radius 1 is 1.35 bits per heavy atom. The second kappa shape index (κ2) is 5.81. The van der Waals surface area contributed by atoms with Crippen LogP contribution in [0.4, 0.5) is 0 Å². The number of hydrogen-bond donors (Lipinski definition) is 0. The van der Waals surface area contributed by atoms with Crippen molar-refractivity contribution in [2.24, 2.45) is 0 Å². The van der Waals surface area contributed by atoms with Crippen molar-refractivity contribution in [3.05, 3.63) is 12.2 Å². The van der Waals surface area contributed by atoms with E-state index >= 15 is 0 Å². The van der Waals surface area contributed by atoms with Crippen molar-refractivity contribution in [1.29, 1.82) is 0 Å². The van der Waals surface area contributed by atoms with Crippen molar-refractivity contribution in [1.82, 2.24) is 0 Å². The summed E-state index contributed by atoms with van der Waals surface area (Å²) >= 11 is 0. The predicted octanol–water partition coefficient (Wildman–Crippen LogP) is 1.39. The summed E-state index contributed by atoms with van der Waals surface area (Å²) in [5.41, 5.74) is 0.333. The van der Waals surface area contributed by atoms with Gasteiger partial charge in [0.2, 0.25) is 0 Å². The van der Waals surface area contributed by atoms with Crippen LogP contribution in [0.15, 0.2) is 12.2 Å². The summed E-state index contributed by atoms with van der Waals surface area (Å²) in [6.45, 7) is 11.3. The maximum absolute atomic E-state index is 11.8. The van der Waals surface area contributed by atoms with Gasteiger partial charge in [-0.25, -0.2) is 4.79 Å². The molecule has 20 heavy (non-hydrogen) atoms. The molecule has 6 nitrogen and oxygen atoms in total. The lowest BCUT2D eigenvalue weighted by Gasteiger charge is -2.27. The van der Waals surface area contributed by atoms with E-state index in [0.29, 0.717) is 18.8 Å². The van der Waals surface area contributed by atoms with Gasteiger partial charge < -0.3 is 23.7 Å². The quantitative estimate of drug-likeness (QED) is 0.575. The van der Waals surface area contributed by atoms with Gasteiger partial charge in [0.15, 0.2) is 18.2 Å². The highest BCUT2D eigenvalue weighted by molar-refractivity contribution is 5.87. The van der Waals surface area contributed by atoms with E-state index in [2.05, 4.69) is 6.58 Å². The Hall–Kier alpha value is -0.950. The number of carbonyl (C=O) groups excluding carboxylic acids is 1. The number of ether oxygens (including phenoxy) is 5. The van der Waals surface area contributed by atoms with Crippen molar-refractivity contribution < 1.29 is 28.5 Å². The molecule has 0 saturated carbocycles. The molecule has 0 N–H and O–H groups in total. The molecule has 2 aliphatic heterocycles. The zero-order valence-electron chi connectivity index (χ0n) is 12.4. The van der Waals surface area contributed by atoms with Gasteiger partial charge in [-0.15, -0.1) is 0 Å². The van der Waals surface area contributed by atoms with Crippen molar-refractivity contribution in [2.75, 3.05) is 13.2 Å². The van der Waals surface area contributed by atoms with Crippen LogP contribution in [0.25, 0.3) is 0 Å². The fraction of sp³-hybridized carbons (Fsp3) is 0.786. The van der Waals surface area contributed by atoms with E-state index in [0.717, 1.165) is 0 Å². The zero-order valence-corrected chi connectivity index (χ0v) is 12.4. The van der Waals surface area contributed by atoms with Crippen molar-refractivity contribution in [2.45, 2.75) is 58.1 Å². The molecule has 0 spiro atoms. The lowest BCUT2D eigenvalue weighted by molar-refractivity contribution is -0.181. The van der Waals surface area contributed by atoms with Crippen LogP contribution in [0.5, 0.6) is 0 Å². The largest absolute Gasteiger partial charge is 0.453 e. The molecule has 0 bridgehead atoms. The second-order valence-corrected chi connectivity index (χ2v) is 5.59. The lowest BCUT2D eigenvalue weighted by Crippen LogP contribution is -2.44. The third kappa shape index (κ3) is 3.58. The summed E-state index contributed by atoms with van der Waals surface area (Å²) in [6, 6.07) is 0.